The van der Waals surface area contributed by atoms with E-state index in [0.29, 0.717) is 6.42 Å². The Balaban J connectivity index is 2.05. The fourth-order valence-electron chi connectivity index (χ4n) is 2.24. The summed E-state index contributed by atoms with van der Waals surface area (Å²) in [6, 6.07) is 7.14. The van der Waals surface area contributed by atoms with E-state index in [1.165, 1.54) is 19.1 Å². The highest BCUT2D eigenvalue weighted by atomic mass is 16.5. The number of aromatic amines is 1. The number of rotatable bonds is 5. The molecule has 0 bridgehead atoms. The van der Waals surface area contributed by atoms with Crippen LogP contribution in [-0.2, 0) is 20.7 Å². The first kappa shape index (κ1) is 15.1. The van der Waals surface area contributed by atoms with E-state index in [9.17, 15) is 9.59 Å². The SMILES string of the molecule is COC(=O)CN(C)C(=O)[C@@H](N)Cc1c[nH]c2ccccc12. The normalized spacial score (nSPS) is 12.1. The van der Waals surface area contributed by atoms with Gasteiger partial charge in [0.2, 0.25) is 5.91 Å². The van der Waals surface area contributed by atoms with Crippen LogP contribution in [0.3, 0.4) is 0 Å². The summed E-state index contributed by atoms with van der Waals surface area (Å²) in [7, 11) is 2.82. The highest BCUT2D eigenvalue weighted by Gasteiger charge is 2.21. The van der Waals surface area contributed by atoms with Gasteiger partial charge in [-0.1, -0.05) is 18.2 Å². The predicted octanol–water partition coefficient (Wildman–Crippen LogP) is 0.669. The summed E-state index contributed by atoms with van der Waals surface area (Å²) in [6.45, 7) is -0.100. The van der Waals surface area contributed by atoms with Gasteiger partial charge in [0.15, 0.2) is 0 Å². The van der Waals surface area contributed by atoms with Crippen molar-refractivity contribution < 1.29 is 14.3 Å². The van der Waals surface area contributed by atoms with Crippen molar-refractivity contribution in [2.45, 2.75) is 12.5 Å². The zero-order chi connectivity index (χ0) is 15.4. The Kier molecular flexibility index (Phi) is 4.59. The number of carbonyl (C=O) groups is 2. The van der Waals surface area contributed by atoms with Gasteiger partial charge >= 0.3 is 5.97 Å². The first-order valence-corrected chi connectivity index (χ1v) is 6.65. The lowest BCUT2D eigenvalue weighted by atomic mass is 10.0. The van der Waals surface area contributed by atoms with E-state index in [1.54, 1.807) is 0 Å². The molecule has 3 N–H and O–H groups in total. The molecule has 6 nitrogen and oxygen atoms in total. The average Bonchev–Trinajstić information content (AvgIpc) is 2.89. The summed E-state index contributed by atoms with van der Waals surface area (Å²) in [5.74, 6) is -0.754. The Morgan fingerprint density at radius 2 is 2.10 bits per heavy atom. The molecule has 112 valence electrons. The van der Waals surface area contributed by atoms with Crippen molar-refractivity contribution in [2.75, 3.05) is 20.7 Å². The Morgan fingerprint density at radius 1 is 1.38 bits per heavy atom. The van der Waals surface area contributed by atoms with Gasteiger partial charge in [-0.3, -0.25) is 9.59 Å². The predicted molar refractivity (Wildman–Crippen MR) is 79.6 cm³/mol. The molecule has 1 heterocycles. The molecule has 2 rings (SSSR count). The number of likely N-dealkylation sites (N-methyl/N-ethyl adjacent to an activating group) is 1. The summed E-state index contributed by atoms with van der Waals surface area (Å²) in [6.07, 6.45) is 2.27. The maximum atomic E-state index is 12.1. The Labute approximate surface area is 122 Å². The number of hydrogen-bond acceptors (Lipinski definition) is 4. The number of benzene rings is 1. The lowest BCUT2D eigenvalue weighted by Gasteiger charge is -2.20. The number of ether oxygens (including phenoxy) is 1. The number of nitrogens with one attached hydrogen (secondary N) is 1. The van der Waals surface area contributed by atoms with Crippen LogP contribution >= 0.6 is 0 Å². The zero-order valence-corrected chi connectivity index (χ0v) is 12.1. The van der Waals surface area contributed by atoms with Crippen LogP contribution in [0.1, 0.15) is 5.56 Å². The largest absolute Gasteiger partial charge is 0.468 e. The number of methoxy groups -OCH3 is 1. The monoisotopic (exact) mass is 289 g/mol. The number of aromatic nitrogens is 1. The standard InChI is InChI=1S/C15H19N3O3/c1-18(9-14(19)21-2)15(20)12(16)7-10-8-17-13-6-4-3-5-11(10)13/h3-6,8,12,17H,7,9,16H2,1-2H3/t12-/m0/s1. The minimum atomic E-state index is -0.695. The number of hydrogen-bond donors (Lipinski definition) is 2. The fourth-order valence-corrected chi connectivity index (χ4v) is 2.24. The molecule has 0 fully saturated rings. The van der Waals surface area contributed by atoms with Crippen molar-refractivity contribution in [3.05, 3.63) is 36.0 Å². The van der Waals surface area contributed by atoms with Gasteiger partial charge in [-0.25, -0.2) is 0 Å². The van der Waals surface area contributed by atoms with Gasteiger partial charge < -0.3 is 20.4 Å². The number of esters is 1. The highest BCUT2D eigenvalue weighted by molar-refractivity contribution is 5.87. The molecule has 0 radical (unpaired) electrons. The fraction of sp³-hybridized carbons (Fsp3) is 0.333. The molecule has 0 aliphatic carbocycles. The zero-order valence-electron chi connectivity index (χ0n) is 12.1. The minimum absolute atomic E-state index is 0.100. The molecule has 0 aliphatic rings. The van der Waals surface area contributed by atoms with Crippen LogP contribution in [0, 0.1) is 0 Å². The second-order valence-electron chi connectivity index (χ2n) is 4.94. The van der Waals surface area contributed by atoms with Gasteiger partial charge in [-0.05, 0) is 18.1 Å². The molecule has 1 atom stereocenters. The smallest absolute Gasteiger partial charge is 0.325 e. The Morgan fingerprint density at radius 3 is 2.81 bits per heavy atom. The molecule has 0 aliphatic heterocycles. The molecular formula is C15H19N3O3. The number of nitrogens with two attached hydrogens (primary N) is 1. The number of amides is 1. The van der Waals surface area contributed by atoms with Crippen molar-refractivity contribution in [3.63, 3.8) is 0 Å². The lowest BCUT2D eigenvalue weighted by Crippen LogP contribution is -2.45. The van der Waals surface area contributed by atoms with Gasteiger partial charge in [0, 0.05) is 24.1 Å². The third-order valence-electron chi connectivity index (χ3n) is 3.40. The summed E-state index contributed by atoms with van der Waals surface area (Å²) >= 11 is 0. The maximum Gasteiger partial charge on any atom is 0.325 e. The van der Waals surface area contributed by atoms with Crippen LogP contribution < -0.4 is 5.73 Å². The first-order chi connectivity index (χ1) is 10.0. The van der Waals surface area contributed by atoms with Crippen LogP contribution in [0.2, 0.25) is 0 Å². The van der Waals surface area contributed by atoms with Crippen molar-refractivity contribution in [2.24, 2.45) is 5.73 Å². The number of carbonyl (C=O) groups excluding carboxylic acids is 2. The third kappa shape index (κ3) is 3.41. The first-order valence-electron chi connectivity index (χ1n) is 6.65. The Bertz CT molecular complexity index is 650. The van der Waals surface area contributed by atoms with Crippen molar-refractivity contribution in [3.8, 4) is 0 Å². The van der Waals surface area contributed by atoms with Gasteiger partial charge in [0.1, 0.15) is 6.54 Å². The molecule has 2 aromatic rings. The summed E-state index contributed by atoms with van der Waals surface area (Å²) in [5, 5.41) is 1.05. The van der Waals surface area contributed by atoms with Crippen LogP contribution in [0.4, 0.5) is 0 Å². The maximum absolute atomic E-state index is 12.1. The molecular weight excluding hydrogens is 270 g/mol. The second kappa shape index (κ2) is 6.41. The molecule has 0 unspecified atom stereocenters. The molecule has 0 spiro atoms. The molecule has 6 heteroatoms. The van der Waals surface area contributed by atoms with Crippen LogP contribution in [0.5, 0.6) is 0 Å². The van der Waals surface area contributed by atoms with E-state index in [1.807, 2.05) is 30.5 Å². The highest BCUT2D eigenvalue weighted by Crippen LogP contribution is 2.19. The number of nitrogens with zero attached hydrogens (tertiary/aromatic N) is 1. The minimum Gasteiger partial charge on any atom is -0.468 e. The second-order valence-corrected chi connectivity index (χ2v) is 4.94. The summed E-state index contributed by atoms with van der Waals surface area (Å²) in [5.41, 5.74) is 7.95. The third-order valence-corrected chi connectivity index (χ3v) is 3.40. The molecule has 0 saturated heterocycles. The quantitative estimate of drug-likeness (QED) is 0.792. The number of H-pyrrole nitrogens is 1. The van der Waals surface area contributed by atoms with E-state index >= 15 is 0 Å². The van der Waals surface area contributed by atoms with Crippen molar-refractivity contribution >= 4 is 22.8 Å². The molecule has 1 aromatic carbocycles. The van der Waals surface area contributed by atoms with Crippen molar-refractivity contribution in [1.82, 2.24) is 9.88 Å². The number of fused-ring (bicyclic) bond motifs is 1. The van der Waals surface area contributed by atoms with Crippen LogP contribution in [0.15, 0.2) is 30.5 Å². The van der Waals surface area contributed by atoms with Crippen LogP contribution in [0.25, 0.3) is 10.9 Å². The molecule has 21 heavy (non-hydrogen) atoms. The van der Waals surface area contributed by atoms with Crippen LogP contribution in [-0.4, -0.2) is 48.5 Å². The molecule has 0 saturated carbocycles. The van der Waals surface area contributed by atoms with Gasteiger partial charge in [0.05, 0.1) is 13.2 Å². The van der Waals surface area contributed by atoms with E-state index in [2.05, 4.69) is 9.72 Å². The summed E-state index contributed by atoms with van der Waals surface area (Å²) < 4.78 is 4.54. The van der Waals surface area contributed by atoms with E-state index < -0.39 is 12.0 Å². The van der Waals surface area contributed by atoms with E-state index in [4.69, 9.17) is 5.73 Å². The Hall–Kier alpha value is -2.34. The van der Waals surface area contributed by atoms with Gasteiger partial charge in [-0.15, -0.1) is 0 Å². The van der Waals surface area contributed by atoms with E-state index in [-0.39, 0.29) is 12.5 Å². The number of para-hydroxylation sites is 1. The topological polar surface area (TPSA) is 88.4 Å². The molecule has 1 amide bonds. The van der Waals surface area contributed by atoms with Gasteiger partial charge in [0.25, 0.3) is 0 Å². The van der Waals surface area contributed by atoms with E-state index in [0.717, 1.165) is 16.5 Å². The lowest BCUT2D eigenvalue weighted by molar-refractivity contribution is -0.146. The van der Waals surface area contributed by atoms with Gasteiger partial charge in [-0.2, -0.15) is 0 Å². The molecule has 1 aromatic heterocycles. The van der Waals surface area contributed by atoms with Crippen molar-refractivity contribution in [1.29, 1.82) is 0 Å². The average molecular weight is 289 g/mol. The summed E-state index contributed by atoms with van der Waals surface area (Å²) in [4.78, 5) is 27.8.